The van der Waals surface area contributed by atoms with Crippen LogP contribution in [-0.4, -0.2) is 114 Å². The van der Waals surface area contributed by atoms with Crippen LogP contribution in [0.25, 0.3) is 0 Å². The normalized spacial score (nSPS) is 20.1. The van der Waals surface area contributed by atoms with Crippen molar-refractivity contribution in [1.82, 2.24) is 29.9 Å². The largest absolute Gasteiger partial charge is 0.342 e. The molecular weight excluding hydrogens is 432 g/mol. The highest BCUT2D eigenvalue weighted by Crippen LogP contribution is 2.22. The van der Waals surface area contributed by atoms with Crippen LogP contribution in [0.3, 0.4) is 0 Å². The maximum Gasteiger partial charge on any atom is 0.235 e. The SMILES string of the molecule is CCCCN1CCN(CNC(=O)C(CN2CCN(CCCC)CC2)Sc2ccccn2)CC1. The van der Waals surface area contributed by atoms with Gasteiger partial charge in [-0.3, -0.25) is 14.6 Å². The number of piperazine rings is 2. The summed E-state index contributed by atoms with van der Waals surface area (Å²) < 4.78 is 0. The number of nitrogens with one attached hydrogen (secondary N) is 1. The van der Waals surface area contributed by atoms with E-state index in [9.17, 15) is 4.79 Å². The molecule has 0 radical (unpaired) electrons. The number of carbonyl (C=O) groups is 1. The Bertz CT molecular complexity index is 662. The number of aromatic nitrogens is 1. The van der Waals surface area contributed by atoms with Gasteiger partial charge in [-0.05, 0) is 38.1 Å². The van der Waals surface area contributed by atoms with E-state index in [0.717, 1.165) is 63.9 Å². The van der Waals surface area contributed by atoms with Crippen molar-refractivity contribution in [3.05, 3.63) is 24.4 Å². The molecule has 2 fully saturated rings. The van der Waals surface area contributed by atoms with E-state index in [1.54, 1.807) is 11.8 Å². The fourth-order valence-corrected chi connectivity index (χ4v) is 5.45. The van der Waals surface area contributed by atoms with Gasteiger partial charge < -0.3 is 15.1 Å². The molecule has 0 bridgehead atoms. The quantitative estimate of drug-likeness (QED) is 0.439. The second-order valence-corrected chi connectivity index (χ2v) is 10.5. The minimum Gasteiger partial charge on any atom is -0.342 e. The molecule has 1 N–H and O–H groups in total. The Hall–Kier alpha value is -1.19. The molecule has 33 heavy (non-hydrogen) atoms. The molecule has 186 valence electrons. The minimum atomic E-state index is -0.145. The third-order valence-corrected chi connectivity index (χ3v) is 7.81. The lowest BCUT2D eigenvalue weighted by Gasteiger charge is -2.36. The summed E-state index contributed by atoms with van der Waals surface area (Å²) in [5, 5.41) is 4.01. The summed E-state index contributed by atoms with van der Waals surface area (Å²) in [6.45, 7) is 16.9. The fourth-order valence-electron chi connectivity index (χ4n) is 4.40. The van der Waals surface area contributed by atoms with Crippen molar-refractivity contribution in [1.29, 1.82) is 0 Å². The van der Waals surface area contributed by atoms with Gasteiger partial charge in [0.25, 0.3) is 0 Å². The number of amides is 1. The molecule has 1 amide bonds. The molecule has 1 atom stereocenters. The molecule has 1 aromatic heterocycles. The van der Waals surface area contributed by atoms with E-state index in [-0.39, 0.29) is 11.2 Å². The van der Waals surface area contributed by atoms with Crippen molar-refractivity contribution >= 4 is 17.7 Å². The summed E-state index contributed by atoms with van der Waals surface area (Å²) in [5.74, 6) is 0.132. The molecule has 0 saturated carbocycles. The van der Waals surface area contributed by atoms with E-state index in [1.807, 2.05) is 24.4 Å². The Morgan fingerprint density at radius 2 is 1.48 bits per heavy atom. The molecule has 7 nitrogen and oxygen atoms in total. The molecule has 0 spiro atoms. The third-order valence-electron chi connectivity index (χ3n) is 6.68. The van der Waals surface area contributed by atoms with Gasteiger partial charge in [0.2, 0.25) is 5.91 Å². The first kappa shape index (κ1) is 26.4. The Morgan fingerprint density at radius 1 is 0.909 bits per heavy atom. The molecule has 3 heterocycles. The highest BCUT2D eigenvalue weighted by molar-refractivity contribution is 8.00. The predicted octanol–water partition coefficient (Wildman–Crippen LogP) is 2.45. The molecular formula is C25H44N6OS. The number of carbonyl (C=O) groups excluding carboxylic acids is 1. The number of rotatable bonds is 13. The van der Waals surface area contributed by atoms with Crippen LogP contribution in [0.2, 0.25) is 0 Å². The van der Waals surface area contributed by atoms with Crippen molar-refractivity contribution in [3.8, 4) is 0 Å². The smallest absolute Gasteiger partial charge is 0.235 e. The first-order chi connectivity index (χ1) is 16.2. The van der Waals surface area contributed by atoms with Gasteiger partial charge in [0, 0.05) is 65.1 Å². The van der Waals surface area contributed by atoms with Gasteiger partial charge >= 0.3 is 0 Å². The molecule has 1 aromatic rings. The standard InChI is InChI=1S/C25H44N6OS/c1-3-5-11-28-13-17-30(18-14-28)21-23(33-24-9-7-8-10-26-24)25(32)27-22-31-19-15-29(16-20-31)12-6-4-2/h7-10,23H,3-6,11-22H2,1-2H3,(H,27,32). The highest BCUT2D eigenvalue weighted by atomic mass is 32.2. The highest BCUT2D eigenvalue weighted by Gasteiger charge is 2.26. The number of hydrogen-bond acceptors (Lipinski definition) is 7. The zero-order chi connectivity index (χ0) is 23.3. The van der Waals surface area contributed by atoms with Crippen molar-refractivity contribution in [2.24, 2.45) is 0 Å². The Labute approximate surface area is 205 Å². The summed E-state index contributed by atoms with van der Waals surface area (Å²) in [7, 11) is 0. The van der Waals surface area contributed by atoms with Gasteiger partial charge in [0.15, 0.2) is 0 Å². The second-order valence-electron chi connectivity index (χ2n) is 9.28. The molecule has 0 aliphatic carbocycles. The Balaban J connectivity index is 1.47. The van der Waals surface area contributed by atoms with Crippen LogP contribution >= 0.6 is 11.8 Å². The summed E-state index contributed by atoms with van der Waals surface area (Å²) in [5.41, 5.74) is 0. The average molecular weight is 477 g/mol. The lowest BCUT2D eigenvalue weighted by atomic mass is 10.2. The first-order valence-corrected chi connectivity index (χ1v) is 13.8. The van der Waals surface area contributed by atoms with Crippen LogP contribution in [-0.2, 0) is 4.79 Å². The molecule has 2 saturated heterocycles. The zero-order valence-corrected chi connectivity index (χ0v) is 21.6. The van der Waals surface area contributed by atoms with Crippen LogP contribution in [0.15, 0.2) is 29.4 Å². The number of pyridine rings is 1. The third kappa shape index (κ3) is 9.53. The maximum atomic E-state index is 13.2. The van der Waals surface area contributed by atoms with E-state index >= 15 is 0 Å². The molecule has 2 aliphatic heterocycles. The molecule has 2 aliphatic rings. The van der Waals surface area contributed by atoms with Crippen molar-refractivity contribution in [2.75, 3.05) is 78.7 Å². The van der Waals surface area contributed by atoms with Gasteiger partial charge in [-0.1, -0.05) is 44.5 Å². The maximum absolute atomic E-state index is 13.2. The average Bonchev–Trinajstić information content (AvgIpc) is 2.86. The van der Waals surface area contributed by atoms with Gasteiger partial charge in [-0.15, -0.1) is 0 Å². The Morgan fingerprint density at radius 3 is 2.03 bits per heavy atom. The minimum absolute atomic E-state index is 0.132. The van der Waals surface area contributed by atoms with Gasteiger partial charge in [0.05, 0.1) is 11.7 Å². The monoisotopic (exact) mass is 476 g/mol. The topological polar surface area (TPSA) is 55.0 Å². The van der Waals surface area contributed by atoms with E-state index in [2.05, 4.69) is 43.7 Å². The second kappa shape index (κ2) is 14.9. The lowest BCUT2D eigenvalue weighted by molar-refractivity contribution is -0.121. The lowest BCUT2D eigenvalue weighted by Crippen LogP contribution is -2.53. The van der Waals surface area contributed by atoms with Gasteiger partial charge in [-0.25, -0.2) is 4.98 Å². The summed E-state index contributed by atoms with van der Waals surface area (Å²) in [4.78, 5) is 27.6. The first-order valence-electron chi connectivity index (χ1n) is 12.9. The molecule has 0 aromatic carbocycles. The van der Waals surface area contributed by atoms with Crippen molar-refractivity contribution in [3.63, 3.8) is 0 Å². The van der Waals surface area contributed by atoms with Crippen LogP contribution in [0.4, 0.5) is 0 Å². The van der Waals surface area contributed by atoms with Crippen molar-refractivity contribution < 1.29 is 4.79 Å². The number of thioether (sulfide) groups is 1. The summed E-state index contributed by atoms with van der Waals surface area (Å²) in [6, 6.07) is 5.92. The van der Waals surface area contributed by atoms with Crippen LogP contribution in [0.1, 0.15) is 39.5 Å². The predicted molar refractivity (Wildman–Crippen MR) is 138 cm³/mol. The van der Waals surface area contributed by atoms with Crippen LogP contribution in [0, 0.1) is 0 Å². The zero-order valence-electron chi connectivity index (χ0n) is 20.8. The fraction of sp³-hybridized carbons (Fsp3) is 0.760. The number of unbranched alkanes of at least 4 members (excludes halogenated alkanes) is 2. The van der Waals surface area contributed by atoms with Gasteiger partial charge in [-0.2, -0.15) is 0 Å². The molecule has 1 unspecified atom stereocenters. The van der Waals surface area contributed by atoms with E-state index in [0.29, 0.717) is 6.67 Å². The van der Waals surface area contributed by atoms with Gasteiger partial charge in [0.1, 0.15) is 5.25 Å². The van der Waals surface area contributed by atoms with Crippen molar-refractivity contribution in [2.45, 2.75) is 49.8 Å². The van der Waals surface area contributed by atoms with E-state index in [4.69, 9.17) is 0 Å². The summed E-state index contributed by atoms with van der Waals surface area (Å²) in [6.07, 6.45) is 6.85. The van der Waals surface area contributed by atoms with E-state index in [1.165, 1.54) is 38.8 Å². The number of nitrogens with zero attached hydrogens (tertiary/aromatic N) is 5. The number of hydrogen-bond donors (Lipinski definition) is 1. The molecule has 3 rings (SSSR count). The van der Waals surface area contributed by atoms with Crippen LogP contribution < -0.4 is 5.32 Å². The summed E-state index contributed by atoms with van der Waals surface area (Å²) >= 11 is 1.60. The van der Waals surface area contributed by atoms with E-state index < -0.39 is 0 Å². The van der Waals surface area contributed by atoms with Crippen LogP contribution in [0.5, 0.6) is 0 Å². The molecule has 8 heteroatoms. The Kier molecular flexibility index (Phi) is 12.0.